The third kappa shape index (κ3) is 10.0. The third-order valence-corrected chi connectivity index (χ3v) is 8.21. The van der Waals surface area contributed by atoms with Gasteiger partial charge in [0, 0.05) is 0 Å². The Morgan fingerprint density at radius 3 is 1.79 bits per heavy atom. The second kappa shape index (κ2) is 16.0. The molecule has 1 aliphatic carbocycles. The molecule has 0 saturated heterocycles. The molecule has 1 aliphatic rings. The van der Waals surface area contributed by atoms with Gasteiger partial charge in [0.15, 0.2) is 0 Å². The summed E-state index contributed by atoms with van der Waals surface area (Å²) in [7, 11) is 0. The van der Waals surface area contributed by atoms with Crippen molar-refractivity contribution in [2.24, 2.45) is 0 Å². The first-order valence-electron chi connectivity index (χ1n) is 14.5. The maximum absolute atomic E-state index is 3.53. The standard InChI is InChI=1S/C21H25.C11H9.C8H8.2ClH.Zr/c1-20(2,3)16-9-7-14-11-15-8-10-17(21(4,5)6)13-19(15)18(14)12-16;1-2-6-10(7-3-1)11-8-4-5-9-11;1-2-8-6-4-3-5-7-8;;;/h7,9-10,12-13H,11H2,1-6H3;1-9H;3-7H,1H3;2*1H;/q2*-1;;;;+2/p-2. The van der Waals surface area contributed by atoms with Gasteiger partial charge in [-0.05, 0) is 17.4 Å². The Labute approximate surface area is 287 Å². The van der Waals surface area contributed by atoms with Crippen molar-refractivity contribution in [3.8, 4) is 22.3 Å². The van der Waals surface area contributed by atoms with Crippen molar-refractivity contribution < 1.29 is 49.0 Å². The molecule has 0 saturated carbocycles. The Hall–Kier alpha value is -2.44. The van der Waals surface area contributed by atoms with Gasteiger partial charge in [0.2, 0.25) is 0 Å². The van der Waals surface area contributed by atoms with Gasteiger partial charge in [-0.1, -0.05) is 112 Å². The second-order valence-electron chi connectivity index (χ2n) is 12.9. The molecule has 0 aromatic heterocycles. The molecule has 0 atom stereocenters. The van der Waals surface area contributed by atoms with Gasteiger partial charge in [0.25, 0.3) is 0 Å². The molecule has 5 aromatic carbocycles. The zero-order valence-corrected chi connectivity index (χ0v) is 30.4. The quantitative estimate of drug-likeness (QED) is 0.236. The Kier molecular flexibility index (Phi) is 13.7. The fourth-order valence-corrected chi connectivity index (χ4v) is 5.28. The third-order valence-electron chi connectivity index (χ3n) is 7.50. The monoisotopic (exact) mass is 682 g/mol. The second-order valence-corrected chi connectivity index (χ2v) is 14.7. The zero-order valence-electron chi connectivity index (χ0n) is 26.4. The first kappa shape index (κ1) is 36.8. The van der Waals surface area contributed by atoms with Crippen LogP contribution >= 0.6 is 0 Å². The van der Waals surface area contributed by atoms with Crippen molar-refractivity contribution in [3.05, 3.63) is 149 Å². The van der Waals surface area contributed by atoms with Crippen molar-refractivity contribution in [3.63, 3.8) is 0 Å². The minimum atomic E-state index is 0. The van der Waals surface area contributed by atoms with Gasteiger partial charge in [0.1, 0.15) is 0 Å². The van der Waals surface area contributed by atoms with E-state index in [0.717, 1.165) is 6.42 Å². The topological polar surface area (TPSA) is 0 Å². The molecule has 3 heteroatoms. The number of hydrogen-bond acceptors (Lipinski definition) is 0. The molecule has 0 nitrogen and oxygen atoms in total. The summed E-state index contributed by atoms with van der Waals surface area (Å²) >= 11 is 1.51. The summed E-state index contributed by atoms with van der Waals surface area (Å²) in [5, 5.41) is 0. The van der Waals surface area contributed by atoms with Crippen LogP contribution in [0.2, 0.25) is 0 Å². The molecule has 222 valence electrons. The smallest absolute Gasteiger partial charge is 0.0623 e. The number of hydrogen-bond donors (Lipinski definition) is 0. The van der Waals surface area contributed by atoms with E-state index < -0.39 is 0 Å². The van der Waals surface area contributed by atoms with Crippen LogP contribution in [0.1, 0.15) is 76.3 Å². The van der Waals surface area contributed by atoms with Crippen LogP contribution in [-0.4, -0.2) is 3.21 Å². The summed E-state index contributed by atoms with van der Waals surface area (Å²) in [6.45, 7) is 15.8. The minimum Gasteiger partial charge on any atom is -1.00 e. The number of benzene rings is 4. The maximum atomic E-state index is 3.53. The van der Waals surface area contributed by atoms with Crippen molar-refractivity contribution in [2.75, 3.05) is 0 Å². The molecule has 0 heterocycles. The normalized spacial score (nSPS) is 11.3. The summed E-state index contributed by atoms with van der Waals surface area (Å²) in [6, 6.07) is 44.3. The van der Waals surface area contributed by atoms with E-state index in [2.05, 4.69) is 158 Å². The van der Waals surface area contributed by atoms with Crippen LogP contribution in [0.5, 0.6) is 0 Å². The zero-order chi connectivity index (χ0) is 29.6. The first-order valence-corrected chi connectivity index (χ1v) is 15.7. The molecule has 0 radical (unpaired) electrons. The first-order chi connectivity index (χ1) is 19.4. The van der Waals surface area contributed by atoms with Gasteiger partial charge < -0.3 is 24.8 Å². The predicted molar refractivity (Wildman–Crippen MR) is 175 cm³/mol. The largest absolute Gasteiger partial charge is 1.00 e. The Bertz CT molecular complexity index is 1510. The van der Waals surface area contributed by atoms with Gasteiger partial charge in [-0.2, -0.15) is 53.1 Å². The Morgan fingerprint density at radius 1 is 0.698 bits per heavy atom. The maximum Gasteiger partial charge on any atom is -0.0623 e. The summed E-state index contributed by atoms with van der Waals surface area (Å²) in [5.41, 5.74) is 12.7. The van der Waals surface area contributed by atoms with E-state index in [1.807, 2.05) is 12.1 Å². The van der Waals surface area contributed by atoms with Gasteiger partial charge >= 0.3 is 70.3 Å². The molecule has 0 unspecified atom stereocenters. The molecule has 43 heavy (non-hydrogen) atoms. The van der Waals surface area contributed by atoms with Crippen LogP contribution in [0.25, 0.3) is 22.3 Å². The summed E-state index contributed by atoms with van der Waals surface area (Å²) in [5.74, 6) is 0. The molecule has 0 amide bonds. The Balaban J connectivity index is 0.000000247. The van der Waals surface area contributed by atoms with E-state index in [-0.39, 0.29) is 35.6 Å². The van der Waals surface area contributed by atoms with Crippen LogP contribution in [0.3, 0.4) is 0 Å². The van der Waals surface area contributed by atoms with E-state index >= 15 is 0 Å². The molecule has 0 fully saturated rings. The predicted octanol–water partition coefficient (Wildman–Crippen LogP) is 4.51. The van der Waals surface area contributed by atoms with Crippen LogP contribution in [0.4, 0.5) is 0 Å². The van der Waals surface area contributed by atoms with Crippen molar-refractivity contribution >= 4 is 3.21 Å². The number of fused-ring (bicyclic) bond motifs is 3. The number of rotatable bonds is 2. The summed E-state index contributed by atoms with van der Waals surface area (Å²) in [4.78, 5) is 0. The molecular weight excluding hydrogens is 643 g/mol. The van der Waals surface area contributed by atoms with Crippen LogP contribution < -0.4 is 24.8 Å². The molecule has 0 N–H and O–H groups in total. The van der Waals surface area contributed by atoms with Crippen molar-refractivity contribution in [1.29, 1.82) is 0 Å². The molecule has 0 bridgehead atoms. The van der Waals surface area contributed by atoms with Crippen LogP contribution in [-0.2, 0) is 41.5 Å². The number of halogens is 2. The van der Waals surface area contributed by atoms with Crippen molar-refractivity contribution in [1.82, 2.24) is 0 Å². The van der Waals surface area contributed by atoms with E-state index in [0.29, 0.717) is 0 Å². The fourth-order valence-electron chi connectivity index (χ4n) is 4.87. The summed E-state index contributed by atoms with van der Waals surface area (Å²) < 4.78 is 1.46. The molecule has 0 spiro atoms. The van der Waals surface area contributed by atoms with Gasteiger partial charge in [-0.3, -0.25) is 0 Å². The Morgan fingerprint density at radius 2 is 1.28 bits per heavy atom. The van der Waals surface area contributed by atoms with Gasteiger partial charge in [-0.15, -0.1) is 5.56 Å². The van der Waals surface area contributed by atoms with Crippen LogP contribution in [0.15, 0.2) is 115 Å². The van der Waals surface area contributed by atoms with Crippen LogP contribution in [0, 0.1) is 6.07 Å². The van der Waals surface area contributed by atoms with Crippen molar-refractivity contribution in [2.45, 2.75) is 65.7 Å². The van der Waals surface area contributed by atoms with E-state index in [1.165, 1.54) is 77.5 Å². The average molecular weight is 685 g/mol. The fraction of sp³-hybridized carbons (Fsp3) is 0.250. The van der Waals surface area contributed by atoms with Gasteiger partial charge in [-0.25, -0.2) is 6.07 Å². The minimum absolute atomic E-state index is 0. The molecular formula is C40H42Cl2Zr-2. The summed E-state index contributed by atoms with van der Waals surface area (Å²) in [6.07, 6.45) is 1.03. The molecule has 5 aromatic rings. The SMILES string of the molecule is CC(C)(C)c1c[c-]c2c(c1)-c1cc(C(C)(C)C)ccc1C2.C[C](=[Zr+2])c1ccccc1.[Cl-].[Cl-].c1ccc(-c2cc[cH-]c2)cc1. The van der Waals surface area contributed by atoms with Gasteiger partial charge in [0.05, 0.1) is 0 Å². The van der Waals surface area contributed by atoms with E-state index in [4.69, 9.17) is 0 Å². The van der Waals surface area contributed by atoms with E-state index in [1.54, 1.807) is 0 Å². The average Bonchev–Trinajstić information content (AvgIpc) is 3.62. The molecule has 6 rings (SSSR count). The molecule has 0 aliphatic heterocycles. The van der Waals surface area contributed by atoms with E-state index in [9.17, 15) is 0 Å².